The van der Waals surface area contributed by atoms with Gasteiger partial charge < -0.3 is 25.0 Å². The minimum atomic E-state index is -0.224. The summed E-state index contributed by atoms with van der Waals surface area (Å²) in [6.07, 6.45) is 3.91. The molecule has 1 aliphatic carbocycles. The first-order valence-corrected chi connectivity index (χ1v) is 12.0. The van der Waals surface area contributed by atoms with Crippen LogP contribution >= 0.6 is 27.5 Å². The fourth-order valence-corrected chi connectivity index (χ4v) is 6.05. The molecule has 8 heteroatoms. The monoisotopic (exact) mass is 521 g/mol. The molecule has 32 heavy (non-hydrogen) atoms. The molecule has 2 aliphatic rings. The van der Waals surface area contributed by atoms with E-state index in [1.54, 1.807) is 26.4 Å². The number of anilines is 1. The van der Waals surface area contributed by atoms with Crippen molar-refractivity contribution in [1.82, 2.24) is 10.2 Å². The summed E-state index contributed by atoms with van der Waals surface area (Å²) in [5, 5.41) is 6.54. The number of likely N-dealkylation sites (tertiary alicyclic amines) is 1. The predicted molar refractivity (Wildman–Crippen MR) is 131 cm³/mol. The Morgan fingerprint density at radius 3 is 2.66 bits per heavy atom. The number of methoxy groups -OCH3 is 2. The van der Waals surface area contributed by atoms with Crippen LogP contribution in [0.1, 0.15) is 31.2 Å². The molecule has 2 aromatic carbocycles. The lowest BCUT2D eigenvalue weighted by Crippen LogP contribution is -2.52. The predicted octanol–water partition coefficient (Wildman–Crippen LogP) is 5.44. The van der Waals surface area contributed by atoms with E-state index in [1.807, 2.05) is 12.1 Å². The molecule has 0 bridgehead atoms. The number of ether oxygens (including phenoxy) is 2. The number of hydrogen-bond donors (Lipinski definition) is 2. The van der Waals surface area contributed by atoms with E-state index in [4.69, 9.17) is 21.1 Å². The Kier molecular flexibility index (Phi) is 6.89. The Balaban J connectivity index is 1.48. The van der Waals surface area contributed by atoms with Gasteiger partial charge in [-0.2, -0.15) is 0 Å². The van der Waals surface area contributed by atoms with Gasteiger partial charge in [-0.1, -0.05) is 33.6 Å². The van der Waals surface area contributed by atoms with E-state index >= 15 is 0 Å². The van der Waals surface area contributed by atoms with Gasteiger partial charge in [0.2, 0.25) is 0 Å². The quantitative estimate of drug-likeness (QED) is 0.549. The molecule has 172 valence electrons. The first-order chi connectivity index (χ1) is 15.4. The van der Waals surface area contributed by atoms with Crippen molar-refractivity contribution in [3.8, 4) is 11.5 Å². The molecule has 1 saturated carbocycles. The first kappa shape index (κ1) is 23.2. The summed E-state index contributed by atoms with van der Waals surface area (Å²) in [6.45, 7) is 1.03. The molecule has 3 unspecified atom stereocenters. The number of nitrogens with one attached hydrogen (secondary N) is 2. The number of benzene rings is 2. The van der Waals surface area contributed by atoms with E-state index in [0.717, 1.165) is 48.2 Å². The number of likely N-dealkylation sites (N-methyl/N-ethyl adjacent to an activating group) is 1. The van der Waals surface area contributed by atoms with E-state index in [1.165, 1.54) is 5.56 Å². The number of carbonyl (C=O) groups excluding carboxylic acids is 1. The Hall–Kier alpha value is -1.96. The minimum absolute atomic E-state index is 0.0535. The van der Waals surface area contributed by atoms with Gasteiger partial charge in [-0.25, -0.2) is 4.79 Å². The van der Waals surface area contributed by atoms with Crippen molar-refractivity contribution in [2.24, 2.45) is 0 Å². The third-order valence-electron chi connectivity index (χ3n) is 7.00. The molecule has 1 aliphatic heterocycles. The van der Waals surface area contributed by atoms with Crippen molar-refractivity contribution in [3.05, 3.63) is 51.5 Å². The Bertz CT molecular complexity index is 1000. The van der Waals surface area contributed by atoms with Crippen molar-refractivity contribution in [2.75, 3.05) is 33.1 Å². The Labute approximate surface area is 202 Å². The maximum Gasteiger partial charge on any atom is 0.319 e. The molecule has 0 radical (unpaired) electrons. The highest BCUT2D eigenvalue weighted by atomic mass is 79.9. The number of rotatable bonds is 5. The molecule has 2 aromatic rings. The zero-order chi connectivity index (χ0) is 22.9. The zero-order valence-electron chi connectivity index (χ0n) is 18.6. The summed E-state index contributed by atoms with van der Waals surface area (Å²) in [5.74, 6) is 1.51. The Morgan fingerprint density at radius 2 is 1.94 bits per heavy atom. The topological polar surface area (TPSA) is 62.8 Å². The van der Waals surface area contributed by atoms with Crippen molar-refractivity contribution in [1.29, 1.82) is 0 Å². The number of urea groups is 1. The highest BCUT2D eigenvalue weighted by Gasteiger charge is 2.50. The number of nitrogens with zero attached hydrogens (tertiary/aromatic N) is 1. The van der Waals surface area contributed by atoms with Crippen molar-refractivity contribution in [2.45, 2.75) is 43.2 Å². The summed E-state index contributed by atoms with van der Waals surface area (Å²) >= 11 is 9.63. The molecule has 1 heterocycles. The summed E-state index contributed by atoms with van der Waals surface area (Å²) in [7, 11) is 5.51. The van der Waals surface area contributed by atoms with Crippen LogP contribution < -0.4 is 20.1 Å². The molecular weight excluding hydrogens is 494 g/mol. The van der Waals surface area contributed by atoms with E-state index in [0.29, 0.717) is 16.8 Å². The molecule has 0 aromatic heterocycles. The van der Waals surface area contributed by atoms with Gasteiger partial charge in [-0.05, 0) is 75.2 Å². The lowest BCUT2D eigenvalue weighted by Gasteiger charge is -2.45. The molecule has 2 N–H and O–H groups in total. The van der Waals surface area contributed by atoms with Crippen LogP contribution in [0, 0.1) is 0 Å². The molecule has 1 saturated heterocycles. The normalized spacial score (nSPS) is 25.2. The average molecular weight is 523 g/mol. The van der Waals surface area contributed by atoms with Gasteiger partial charge >= 0.3 is 6.03 Å². The third-order valence-corrected chi connectivity index (χ3v) is 7.81. The van der Waals surface area contributed by atoms with Gasteiger partial charge in [-0.3, -0.25) is 0 Å². The van der Waals surface area contributed by atoms with E-state index in [-0.39, 0.29) is 17.5 Å². The van der Waals surface area contributed by atoms with Gasteiger partial charge in [0, 0.05) is 22.0 Å². The molecule has 2 fully saturated rings. The van der Waals surface area contributed by atoms with Crippen LogP contribution in [0.3, 0.4) is 0 Å². The highest BCUT2D eigenvalue weighted by molar-refractivity contribution is 9.10. The second kappa shape index (κ2) is 9.49. The third kappa shape index (κ3) is 4.43. The van der Waals surface area contributed by atoms with Gasteiger partial charge in [0.15, 0.2) is 11.5 Å². The van der Waals surface area contributed by atoms with Gasteiger partial charge in [0.25, 0.3) is 0 Å². The summed E-state index contributed by atoms with van der Waals surface area (Å²) in [6, 6.07) is 11.9. The molecule has 0 spiro atoms. The molecule has 3 atom stereocenters. The van der Waals surface area contributed by atoms with Crippen molar-refractivity contribution >= 4 is 39.2 Å². The van der Waals surface area contributed by atoms with Crippen LogP contribution in [0.2, 0.25) is 5.02 Å². The average Bonchev–Trinajstić information content (AvgIpc) is 3.12. The summed E-state index contributed by atoms with van der Waals surface area (Å²) < 4.78 is 11.9. The zero-order valence-corrected chi connectivity index (χ0v) is 20.9. The molecule has 6 nitrogen and oxygen atoms in total. The number of carbonyl (C=O) groups is 1. The number of halogens is 2. The van der Waals surface area contributed by atoms with Crippen LogP contribution in [0.4, 0.5) is 10.5 Å². The van der Waals surface area contributed by atoms with E-state index < -0.39 is 0 Å². The summed E-state index contributed by atoms with van der Waals surface area (Å²) in [4.78, 5) is 15.1. The van der Waals surface area contributed by atoms with Crippen LogP contribution in [-0.4, -0.2) is 50.8 Å². The number of hydrogen-bond acceptors (Lipinski definition) is 4. The highest BCUT2D eigenvalue weighted by Crippen LogP contribution is 2.49. The SMILES string of the molecule is COc1ccc(C23CCC(NC(=O)Nc4ccc(Br)cc4Cl)CC2N(C)CC3)cc1OC. The van der Waals surface area contributed by atoms with Gasteiger partial charge in [0.1, 0.15) is 0 Å². The fourth-order valence-electron chi connectivity index (χ4n) is 5.33. The number of fused-ring (bicyclic) bond motifs is 1. The van der Waals surface area contributed by atoms with E-state index in [2.05, 4.69) is 50.6 Å². The van der Waals surface area contributed by atoms with Gasteiger partial charge in [-0.15, -0.1) is 0 Å². The fraction of sp³-hybridized carbons (Fsp3) is 0.458. The Morgan fingerprint density at radius 1 is 1.16 bits per heavy atom. The van der Waals surface area contributed by atoms with Crippen molar-refractivity contribution in [3.63, 3.8) is 0 Å². The minimum Gasteiger partial charge on any atom is -0.493 e. The molecule has 2 amide bonds. The van der Waals surface area contributed by atoms with Crippen LogP contribution in [0.25, 0.3) is 0 Å². The standard InChI is InChI=1S/C24H29BrClN3O3/c1-29-11-10-24(15-4-7-20(31-2)21(12-15)32-3)9-8-17(14-22(24)29)27-23(30)28-19-6-5-16(25)13-18(19)26/h4-7,12-13,17,22H,8-11,14H2,1-3H3,(H2,27,28,30). The lowest BCUT2D eigenvalue weighted by molar-refractivity contribution is 0.156. The molecule has 4 rings (SSSR count). The maximum absolute atomic E-state index is 12.7. The maximum atomic E-state index is 12.7. The van der Waals surface area contributed by atoms with Crippen molar-refractivity contribution < 1.29 is 14.3 Å². The summed E-state index contributed by atoms with van der Waals surface area (Å²) in [5.41, 5.74) is 1.94. The smallest absolute Gasteiger partial charge is 0.319 e. The largest absolute Gasteiger partial charge is 0.493 e. The second-order valence-electron chi connectivity index (χ2n) is 8.67. The lowest BCUT2D eigenvalue weighted by atomic mass is 9.65. The second-order valence-corrected chi connectivity index (χ2v) is 9.99. The van der Waals surface area contributed by atoms with Crippen LogP contribution in [0.5, 0.6) is 11.5 Å². The van der Waals surface area contributed by atoms with E-state index in [9.17, 15) is 4.79 Å². The van der Waals surface area contributed by atoms with Crippen LogP contribution in [-0.2, 0) is 5.41 Å². The van der Waals surface area contributed by atoms with Crippen LogP contribution in [0.15, 0.2) is 40.9 Å². The first-order valence-electron chi connectivity index (χ1n) is 10.8. The number of amides is 2. The van der Waals surface area contributed by atoms with Gasteiger partial charge in [0.05, 0.1) is 24.9 Å². The molecular formula is C24H29BrClN3O3.